The van der Waals surface area contributed by atoms with Crippen molar-refractivity contribution < 1.29 is 18.0 Å². The van der Waals surface area contributed by atoms with E-state index in [2.05, 4.69) is 26.1 Å². The highest BCUT2D eigenvalue weighted by molar-refractivity contribution is 7.91. The Labute approximate surface area is 232 Å². The van der Waals surface area contributed by atoms with Crippen molar-refractivity contribution in [2.75, 3.05) is 13.1 Å². The predicted octanol–water partition coefficient (Wildman–Crippen LogP) is 2.04. The molecule has 1 amide bonds. The molecule has 1 aromatic carbocycles. The van der Waals surface area contributed by atoms with E-state index in [0.717, 1.165) is 5.56 Å². The maximum absolute atomic E-state index is 13.6. The molecule has 0 atom stereocenters. The quantitative estimate of drug-likeness (QED) is 0.371. The van der Waals surface area contributed by atoms with Crippen molar-refractivity contribution in [2.24, 2.45) is 7.05 Å². The smallest absolute Gasteiger partial charge is 0.272 e. The summed E-state index contributed by atoms with van der Waals surface area (Å²) in [6.07, 6.45) is 4.97. The number of Topliss-reactive ketones (excluding diaryl/α,β-unsaturated/α-hetero) is 1. The van der Waals surface area contributed by atoms with E-state index in [1.165, 1.54) is 4.68 Å². The SMILES string of the molecule is Cn1nc(C(=O)CCc2ccc(C#N)cc2)c2c1C(=O)N(CC1(S(=O)(=O)NC3(c4cccnn4)CC3)CC1)CC2. The molecule has 2 aromatic heterocycles. The summed E-state index contributed by atoms with van der Waals surface area (Å²) in [5, 5.41) is 21.4. The van der Waals surface area contributed by atoms with Crippen molar-refractivity contribution in [3.8, 4) is 6.07 Å². The number of carbonyl (C=O) groups is 2. The summed E-state index contributed by atoms with van der Waals surface area (Å²) < 4.78 is 30.5. The normalized spacial score (nSPS) is 18.6. The molecule has 3 heterocycles. The van der Waals surface area contributed by atoms with E-state index >= 15 is 0 Å². The Morgan fingerprint density at radius 1 is 1.15 bits per heavy atom. The molecule has 1 N–H and O–H groups in total. The molecule has 0 radical (unpaired) electrons. The van der Waals surface area contributed by atoms with Crippen LogP contribution < -0.4 is 4.72 Å². The van der Waals surface area contributed by atoms with Crippen molar-refractivity contribution in [2.45, 2.75) is 55.2 Å². The van der Waals surface area contributed by atoms with Crippen LogP contribution in [0.25, 0.3) is 0 Å². The molecule has 3 aliphatic rings. The first kappa shape index (κ1) is 26.3. The lowest BCUT2D eigenvalue weighted by molar-refractivity contribution is 0.0724. The Bertz CT molecular complexity index is 1630. The molecular formula is C28H29N7O4S. The Kier molecular flexibility index (Phi) is 6.31. The van der Waals surface area contributed by atoms with E-state index in [1.54, 1.807) is 42.4 Å². The van der Waals surface area contributed by atoms with Gasteiger partial charge in [-0.3, -0.25) is 14.3 Å². The average Bonchev–Trinajstić information content (AvgIpc) is 3.88. The number of nitrogens with zero attached hydrogens (tertiary/aromatic N) is 6. The van der Waals surface area contributed by atoms with Crippen LogP contribution in [0.15, 0.2) is 42.6 Å². The van der Waals surface area contributed by atoms with Crippen LogP contribution in [0.5, 0.6) is 0 Å². The lowest BCUT2D eigenvalue weighted by Crippen LogP contribution is -2.50. The van der Waals surface area contributed by atoms with Crippen LogP contribution in [0.3, 0.4) is 0 Å². The zero-order valence-corrected chi connectivity index (χ0v) is 22.9. The van der Waals surface area contributed by atoms with Crippen LogP contribution >= 0.6 is 0 Å². The maximum Gasteiger partial charge on any atom is 0.272 e. The summed E-state index contributed by atoms with van der Waals surface area (Å²) in [6.45, 7) is 0.407. The second kappa shape index (κ2) is 9.60. The van der Waals surface area contributed by atoms with E-state index in [-0.39, 0.29) is 24.7 Å². The molecular weight excluding hydrogens is 530 g/mol. The number of benzene rings is 1. The van der Waals surface area contributed by atoms with Gasteiger partial charge in [-0.05, 0) is 68.4 Å². The minimum atomic E-state index is -3.75. The van der Waals surface area contributed by atoms with Crippen molar-refractivity contribution in [3.63, 3.8) is 0 Å². The van der Waals surface area contributed by atoms with Gasteiger partial charge in [0, 0.05) is 38.3 Å². The summed E-state index contributed by atoms with van der Waals surface area (Å²) in [7, 11) is -2.12. The molecule has 11 nitrogen and oxygen atoms in total. The number of amides is 1. The lowest BCUT2D eigenvalue weighted by Gasteiger charge is -2.31. The number of aryl methyl sites for hydroxylation is 2. The number of sulfonamides is 1. The highest BCUT2D eigenvalue weighted by Gasteiger charge is 2.60. The third kappa shape index (κ3) is 4.59. The van der Waals surface area contributed by atoms with Gasteiger partial charge in [0.05, 0.1) is 22.9 Å². The summed E-state index contributed by atoms with van der Waals surface area (Å²) in [4.78, 5) is 28.2. The van der Waals surface area contributed by atoms with Crippen LogP contribution in [0, 0.1) is 11.3 Å². The van der Waals surface area contributed by atoms with Gasteiger partial charge in [0.25, 0.3) is 5.91 Å². The molecule has 0 unspecified atom stereocenters. The Hall–Kier alpha value is -3.95. The van der Waals surface area contributed by atoms with Crippen molar-refractivity contribution >= 4 is 21.7 Å². The standard InChI is InChI=1S/C28H29N7O4S/c1-34-25-21(24(32-34)22(36)9-8-19-4-6-20(17-29)7-5-19)10-16-35(26(25)37)18-27(11-12-27)40(38,39)33-28(13-14-28)23-3-2-15-30-31-23/h2-7,15,33H,8-14,16,18H2,1H3. The fourth-order valence-corrected chi connectivity index (χ4v) is 7.53. The summed E-state index contributed by atoms with van der Waals surface area (Å²) in [5.41, 5.74) is 2.65. The average molecular weight is 560 g/mol. The number of aromatic nitrogens is 4. The fourth-order valence-electron chi connectivity index (χ4n) is 5.52. The molecule has 0 spiro atoms. The molecule has 6 rings (SSSR count). The molecule has 206 valence electrons. The molecule has 12 heteroatoms. The van der Waals surface area contributed by atoms with E-state index in [1.807, 2.05) is 12.1 Å². The summed E-state index contributed by atoms with van der Waals surface area (Å²) in [6, 6.07) is 12.7. The fraction of sp³-hybridized carbons (Fsp3) is 0.429. The van der Waals surface area contributed by atoms with Crippen molar-refractivity contribution in [1.82, 2.24) is 29.6 Å². The molecule has 0 saturated heterocycles. The number of rotatable bonds is 10. The van der Waals surface area contributed by atoms with E-state index in [9.17, 15) is 18.0 Å². The number of nitrogens with one attached hydrogen (secondary N) is 1. The Balaban J connectivity index is 1.15. The number of fused-ring (bicyclic) bond motifs is 1. The van der Waals surface area contributed by atoms with E-state index in [0.29, 0.717) is 73.3 Å². The zero-order chi connectivity index (χ0) is 28.1. The number of hydrogen-bond donors (Lipinski definition) is 1. The summed E-state index contributed by atoms with van der Waals surface area (Å²) >= 11 is 0. The first-order valence-corrected chi connectivity index (χ1v) is 14.8. The van der Waals surface area contributed by atoms with Crippen LogP contribution in [0.4, 0.5) is 0 Å². The van der Waals surface area contributed by atoms with Crippen LogP contribution in [-0.4, -0.2) is 62.8 Å². The van der Waals surface area contributed by atoms with Crippen LogP contribution in [0.2, 0.25) is 0 Å². The third-order valence-electron chi connectivity index (χ3n) is 8.25. The Morgan fingerprint density at radius 2 is 1.90 bits per heavy atom. The highest BCUT2D eigenvalue weighted by Crippen LogP contribution is 2.50. The lowest BCUT2D eigenvalue weighted by atomic mass is 9.98. The molecule has 1 aliphatic heterocycles. The molecule has 0 bridgehead atoms. The van der Waals surface area contributed by atoms with Crippen LogP contribution in [0.1, 0.15) is 75.5 Å². The van der Waals surface area contributed by atoms with Gasteiger partial charge in [0.1, 0.15) is 16.1 Å². The third-order valence-corrected chi connectivity index (χ3v) is 10.6. The summed E-state index contributed by atoms with van der Waals surface area (Å²) in [5.74, 6) is -0.453. The van der Waals surface area contributed by atoms with Crippen molar-refractivity contribution in [1.29, 1.82) is 5.26 Å². The Morgan fingerprint density at radius 3 is 2.52 bits per heavy atom. The maximum atomic E-state index is 13.6. The first-order chi connectivity index (χ1) is 19.2. The second-order valence-corrected chi connectivity index (χ2v) is 13.1. The van der Waals surface area contributed by atoms with E-state index in [4.69, 9.17) is 5.26 Å². The minimum Gasteiger partial charge on any atom is -0.335 e. The molecule has 3 aromatic rings. The molecule has 2 fully saturated rings. The van der Waals surface area contributed by atoms with Gasteiger partial charge >= 0.3 is 0 Å². The molecule has 40 heavy (non-hydrogen) atoms. The van der Waals surface area contributed by atoms with Gasteiger partial charge in [0.2, 0.25) is 10.0 Å². The number of ketones is 1. The monoisotopic (exact) mass is 559 g/mol. The van der Waals surface area contributed by atoms with Gasteiger partial charge in [-0.2, -0.15) is 20.6 Å². The van der Waals surface area contributed by atoms with E-state index < -0.39 is 20.3 Å². The highest BCUT2D eigenvalue weighted by atomic mass is 32.2. The molecule has 2 saturated carbocycles. The number of nitriles is 1. The topological polar surface area (TPSA) is 151 Å². The zero-order valence-electron chi connectivity index (χ0n) is 22.1. The number of carbonyl (C=O) groups excluding carboxylic acids is 2. The van der Waals surface area contributed by atoms with Gasteiger partial charge < -0.3 is 4.90 Å². The van der Waals surface area contributed by atoms with Crippen molar-refractivity contribution in [3.05, 3.63) is 76.4 Å². The predicted molar refractivity (Wildman–Crippen MR) is 144 cm³/mol. The van der Waals surface area contributed by atoms with Gasteiger partial charge in [-0.1, -0.05) is 12.1 Å². The van der Waals surface area contributed by atoms with Gasteiger partial charge in [0.15, 0.2) is 5.78 Å². The number of hydrogen-bond acceptors (Lipinski definition) is 8. The molecule has 2 aliphatic carbocycles. The second-order valence-electron chi connectivity index (χ2n) is 11.0. The van der Waals surface area contributed by atoms with Gasteiger partial charge in [-0.25, -0.2) is 13.1 Å². The first-order valence-electron chi connectivity index (χ1n) is 13.4. The minimum absolute atomic E-state index is 0.0876. The largest absolute Gasteiger partial charge is 0.335 e. The van der Waals surface area contributed by atoms with Gasteiger partial charge in [-0.15, -0.1) is 0 Å². The van der Waals surface area contributed by atoms with Crippen LogP contribution in [-0.2, 0) is 35.5 Å².